The Bertz CT molecular complexity index is 177. The Morgan fingerprint density at radius 3 is 2.53 bits per heavy atom. The van der Waals surface area contributed by atoms with Crippen LogP contribution >= 0.6 is 0 Å². The largest absolute Gasteiger partial charge is 0.411 e. The zero-order valence-corrected chi connectivity index (χ0v) is 10.5. The van der Waals surface area contributed by atoms with E-state index in [0.717, 1.165) is 19.5 Å². The van der Waals surface area contributed by atoms with Crippen molar-refractivity contribution in [3.63, 3.8) is 0 Å². The second-order valence-corrected chi connectivity index (χ2v) is 4.11. The molecule has 0 bridgehead atoms. The third kappa shape index (κ3) is 13.6. The van der Waals surface area contributed by atoms with Gasteiger partial charge >= 0.3 is 6.18 Å². The lowest BCUT2D eigenvalue weighted by atomic mass is 10.1. The quantitative estimate of drug-likeness (QED) is 0.609. The van der Waals surface area contributed by atoms with Crippen molar-refractivity contribution in [1.82, 2.24) is 5.32 Å². The van der Waals surface area contributed by atoms with Gasteiger partial charge < -0.3 is 14.8 Å². The fourth-order valence-corrected chi connectivity index (χ4v) is 1.35. The van der Waals surface area contributed by atoms with Gasteiger partial charge in [-0.15, -0.1) is 0 Å². The first-order chi connectivity index (χ1) is 7.95. The molecule has 1 unspecified atom stereocenters. The van der Waals surface area contributed by atoms with Gasteiger partial charge in [0.25, 0.3) is 0 Å². The molecule has 0 aliphatic heterocycles. The molecule has 0 saturated heterocycles. The van der Waals surface area contributed by atoms with Crippen molar-refractivity contribution in [2.75, 3.05) is 40.0 Å². The first kappa shape index (κ1) is 16.7. The Morgan fingerprint density at radius 1 is 1.24 bits per heavy atom. The van der Waals surface area contributed by atoms with Crippen LogP contribution in [0.15, 0.2) is 0 Å². The van der Waals surface area contributed by atoms with Gasteiger partial charge in [0.15, 0.2) is 0 Å². The molecule has 0 aliphatic rings. The van der Waals surface area contributed by atoms with E-state index in [2.05, 4.69) is 17.0 Å². The summed E-state index contributed by atoms with van der Waals surface area (Å²) in [5.74, 6) is 0.432. The third-order valence-electron chi connectivity index (χ3n) is 2.23. The predicted molar refractivity (Wildman–Crippen MR) is 60.0 cm³/mol. The number of hydrogen-bond acceptors (Lipinski definition) is 3. The topological polar surface area (TPSA) is 30.5 Å². The van der Waals surface area contributed by atoms with E-state index in [1.165, 1.54) is 0 Å². The molecule has 0 fully saturated rings. The average molecular weight is 257 g/mol. The lowest BCUT2D eigenvalue weighted by molar-refractivity contribution is -0.174. The number of alkyl halides is 3. The van der Waals surface area contributed by atoms with Crippen LogP contribution in [0.3, 0.4) is 0 Å². The number of methoxy groups -OCH3 is 1. The molecule has 3 nitrogen and oxygen atoms in total. The van der Waals surface area contributed by atoms with Gasteiger partial charge in [0, 0.05) is 20.3 Å². The van der Waals surface area contributed by atoms with E-state index in [1.807, 2.05) is 0 Å². The maximum absolute atomic E-state index is 11.7. The van der Waals surface area contributed by atoms with E-state index < -0.39 is 12.8 Å². The fraction of sp³-hybridized carbons (Fsp3) is 1.00. The Hall–Kier alpha value is -0.330. The highest BCUT2D eigenvalue weighted by Crippen LogP contribution is 2.14. The maximum atomic E-state index is 11.7. The summed E-state index contributed by atoms with van der Waals surface area (Å²) in [4.78, 5) is 0. The Kier molecular flexibility index (Phi) is 9.49. The molecule has 6 heteroatoms. The summed E-state index contributed by atoms with van der Waals surface area (Å²) in [6, 6.07) is 0. The molecule has 1 atom stereocenters. The zero-order chi connectivity index (χ0) is 13.1. The lowest BCUT2D eigenvalue weighted by Gasteiger charge is -2.12. The molecule has 0 heterocycles. The molecule has 17 heavy (non-hydrogen) atoms. The second kappa shape index (κ2) is 9.67. The van der Waals surface area contributed by atoms with Gasteiger partial charge in [0.1, 0.15) is 6.61 Å². The second-order valence-electron chi connectivity index (χ2n) is 4.11. The van der Waals surface area contributed by atoms with E-state index in [-0.39, 0.29) is 6.61 Å². The van der Waals surface area contributed by atoms with Crippen LogP contribution in [0.4, 0.5) is 13.2 Å². The fourth-order valence-electron chi connectivity index (χ4n) is 1.35. The van der Waals surface area contributed by atoms with Crippen LogP contribution in [0.5, 0.6) is 0 Å². The number of hydrogen-bond donors (Lipinski definition) is 1. The average Bonchev–Trinajstić information content (AvgIpc) is 2.22. The van der Waals surface area contributed by atoms with Crippen molar-refractivity contribution in [2.45, 2.75) is 25.9 Å². The number of halogens is 3. The van der Waals surface area contributed by atoms with Crippen molar-refractivity contribution in [3.8, 4) is 0 Å². The molecule has 0 saturated carbocycles. The zero-order valence-electron chi connectivity index (χ0n) is 10.5. The van der Waals surface area contributed by atoms with Gasteiger partial charge in [-0.2, -0.15) is 13.2 Å². The standard InChI is InChI=1S/C11H22F3NO2/c1-10(8-15-5-7-16-2)4-3-6-17-9-11(12,13)14/h10,15H,3-9H2,1-2H3. The van der Waals surface area contributed by atoms with E-state index in [4.69, 9.17) is 4.74 Å². The summed E-state index contributed by atoms with van der Waals surface area (Å²) in [5, 5.41) is 3.21. The molecular formula is C11H22F3NO2. The molecule has 0 spiro atoms. The lowest BCUT2D eigenvalue weighted by Crippen LogP contribution is -2.25. The summed E-state index contributed by atoms with van der Waals surface area (Å²) < 4.78 is 44.6. The molecule has 0 rings (SSSR count). The van der Waals surface area contributed by atoms with Gasteiger partial charge in [-0.3, -0.25) is 0 Å². The summed E-state index contributed by atoms with van der Waals surface area (Å²) in [7, 11) is 1.64. The first-order valence-electron chi connectivity index (χ1n) is 5.80. The van der Waals surface area contributed by atoms with Crippen LogP contribution in [0.1, 0.15) is 19.8 Å². The van der Waals surface area contributed by atoms with Crippen LogP contribution in [0.25, 0.3) is 0 Å². The summed E-state index contributed by atoms with van der Waals surface area (Å²) in [5.41, 5.74) is 0. The van der Waals surface area contributed by atoms with E-state index in [0.29, 0.717) is 18.9 Å². The van der Waals surface area contributed by atoms with Crippen LogP contribution in [0.2, 0.25) is 0 Å². The van der Waals surface area contributed by atoms with Crippen molar-refractivity contribution in [1.29, 1.82) is 0 Å². The van der Waals surface area contributed by atoms with Crippen LogP contribution in [0, 0.1) is 5.92 Å². The number of nitrogens with one attached hydrogen (secondary N) is 1. The highest BCUT2D eigenvalue weighted by atomic mass is 19.4. The molecule has 0 aromatic heterocycles. The Labute approximate surface area is 101 Å². The Morgan fingerprint density at radius 2 is 1.94 bits per heavy atom. The number of ether oxygens (including phenoxy) is 2. The summed E-state index contributed by atoms with van der Waals surface area (Å²) >= 11 is 0. The van der Waals surface area contributed by atoms with Gasteiger partial charge in [-0.05, 0) is 25.3 Å². The predicted octanol–water partition coefficient (Wildman–Crippen LogP) is 2.22. The highest BCUT2D eigenvalue weighted by molar-refractivity contribution is 4.57. The van der Waals surface area contributed by atoms with Crippen molar-refractivity contribution >= 4 is 0 Å². The van der Waals surface area contributed by atoms with E-state index in [1.54, 1.807) is 7.11 Å². The van der Waals surface area contributed by atoms with Crippen LogP contribution < -0.4 is 5.32 Å². The monoisotopic (exact) mass is 257 g/mol. The molecule has 0 amide bonds. The summed E-state index contributed by atoms with van der Waals surface area (Å²) in [6.45, 7) is 3.40. The van der Waals surface area contributed by atoms with Crippen molar-refractivity contribution in [3.05, 3.63) is 0 Å². The molecule has 1 N–H and O–H groups in total. The SMILES string of the molecule is COCCNCC(C)CCCOCC(F)(F)F. The van der Waals surface area contributed by atoms with Gasteiger partial charge in [0.05, 0.1) is 6.61 Å². The third-order valence-corrected chi connectivity index (χ3v) is 2.23. The van der Waals surface area contributed by atoms with Gasteiger partial charge in [-0.1, -0.05) is 6.92 Å². The molecular weight excluding hydrogens is 235 g/mol. The molecule has 104 valence electrons. The molecule has 0 radical (unpaired) electrons. The van der Waals surface area contributed by atoms with Crippen molar-refractivity contribution in [2.24, 2.45) is 5.92 Å². The van der Waals surface area contributed by atoms with Crippen LogP contribution in [-0.4, -0.2) is 46.2 Å². The molecule has 0 aromatic rings. The summed E-state index contributed by atoms with van der Waals surface area (Å²) in [6.07, 6.45) is -2.70. The van der Waals surface area contributed by atoms with E-state index in [9.17, 15) is 13.2 Å². The first-order valence-corrected chi connectivity index (χ1v) is 5.80. The Balaban J connectivity index is 3.24. The number of rotatable bonds is 10. The highest BCUT2D eigenvalue weighted by Gasteiger charge is 2.27. The van der Waals surface area contributed by atoms with Crippen LogP contribution in [-0.2, 0) is 9.47 Å². The minimum absolute atomic E-state index is 0.169. The van der Waals surface area contributed by atoms with Gasteiger partial charge in [-0.25, -0.2) is 0 Å². The smallest absolute Gasteiger partial charge is 0.383 e. The minimum atomic E-state index is -4.21. The molecule has 0 aliphatic carbocycles. The van der Waals surface area contributed by atoms with E-state index >= 15 is 0 Å². The van der Waals surface area contributed by atoms with Gasteiger partial charge in [0.2, 0.25) is 0 Å². The normalized spacial score (nSPS) is 13.9. The van der Waals surface area contributed by atoms with Crippen molar-refractivity contribution < 1.29 is 22.6 Å². The molecule has 0 aromatic carbocycles. The minimum Gasteiger partial charge on any atom is -0.383 e. The maximum Gasteiger partial charge on any atom is 0.411 e.